The third-order valence-corrected chi connectivity index (χ3v) is 7.09. The minimum atomic E-state index is -4.32. The van der Waals surface area contributed by atoms with Gasteiger partial charge in [0.1, 0.15) is 0 Å². The van der Waals surface area contributed by atoms with Crippen LogP contribution in [0.25, 0.3) is 4.91 Å². The number of aromatic nitrogens is 1. The monoisotopic (exact) mass is 436 g/mol. The molecule has 1 aromatic carbocycles. The molecule has 0 saturated heterocycles. The summed E-state index contributed by atoms with van der Waals surface area (Å²) in [5.41, 5.74) is 6.27. The number of thiazole rings is 1. The number of aliphatic imine (C=N–C) groups is 1. The Balaban J connectivity index is 1.30. The summed E-state index contributed by atoms with van der Waals surface area (Å²) in [6.07, 6.45) is 6.16. The molecule has 1 aromatic heterocycles. The maximum absolute atomic E-state index is 12.6. The highest BCUT2D eigenvalue weighted by Gasteiger charge is 2.30. The Hall–Kier alpha value is -2.10. The van der Waals surface area contributed by atoms with Crippen molar-refractivity contribution in [1.82, 2.24) is 4.98 Å². The Morgan fingerprint density at radius 1 is 1.21 bits per heavy atom. The highest BCUT2D eigenvalue weighted by molar-refractivity contribution is 8.09. The van der Waals surface area contributed by atoms with Crippen LogP contribution in [-0.4, -0.2) is 29.0 Å². The lowest BCUT2D eigenvalue weighted by atomic mass is 10.0. The van der Waals surface area contributed by atoms with Gasteiger partial charge in [-0.2, -0.15) is 13.2 Å². The van der Waals surface area contributed by atoms with E-state index in [0.717, 1.165) is 27.7 Å². The van der Waals surface area contributed by atoms with E-state index in [0.29, 0.717) is 24.1 Å². The van der Waals surface area contributed by atoms with Crippen LogP contribution in [0.1, 0.15) is 16.0 Å². The number of alkyl halides is 3. The zero-order valence-corrected chi connectivity index (χ0v) is 16.9. The Bertz CT molecular complexity index is 947. The number of nitrogens with one attached hydrogen (secondary N) is 1. The number of nitrogens with two attached hydrogens (primary N) is 1. The quantitative estimate of drug-likeness (QED) is 0.682. The van der Waals surface area contributed by atoms with E-state index in [9.17, 15) is 13.2 Å². The first-order chi connectivity index (χ1) is 13.9. The minimum absolute atomic E-state index is 0.233. The lowest BCUT2D eigenvalue weighted by Gasteiger charge is -2.13. The number of rotatable bonds is 6. The van der Waals surface area contributed by atoms with Gasteiger partial charge in [0, 0.05) is 42.0 Å². The molecular weight excluding hydrogens is 417 g/mol. The fourth-order valence-electron chi connectivity index (χ4n) is 3.15. The lowest BCUT2D eigenvalue weighted by Crippen LogP contribution is -2.31. The first-order valence-electron chi connectivity index (χ1n) is 9.09. The Morgan fingerprint density at radius 2 is 2.00 bits per heavy atom. The Morgan fingerprint density at radius 3 is 2.72 bits per heavy atom. The smallest absolute Gasteiger partial charge is 0.360 e. The molecule has 0 spiro atoms. The molecule has 0 fully saturated rings. The zero-order valence-electron chi connectivity index (χ0n) is 15.3. The largest absolute Gasteiger partial charge is 0.416 e. The second-order valence-electron chi connectivity index (χ2n) is 6.90. The van der Waals surface area contributed by atoms with Crippen molar-refractivity contribution >= 4 is 39.3 Å². The van der Waals surface area contributed by atoms with Gasteiger partial charge in [-0.25, -0.2) is 4.98 Å². The van der Waals surface area contributed by atoms with Gasteiger partial charge in [0.15, 0.2) is 5.13 Å². The number of hydrogen-bond acceptors (Lipinski definition) is 6. The van der Waals surface area contributed by atoms with Gasteiger partial charge in [-0.05, 0) is 24.1 Å². The molecule has 2 aromatic rings. The van der Waals surface area contributed by atoms with E-state index in [1.54, 1.807) is 23.1 Å². The number of allylic oxidation sites excluding steroid dienone is 2. The van der Waals surface area contributed by atoms with Gasteiger partial charge in [-0.3, -0.25) is 4.99 Å². The highest BCUT2D eigenvalue weighted by atomic mass is 32.2. The van der Waals surface area contributed by atoms with Gasteiger partial charge >= 0.3 is 6.18 Å². The number of thioether (sulfide) groups is 1. The molecule has 0 radical (unpaired) electrons. The van der Waals surface area contributed by atoms with E-state index in [2.05, 4.69) is 27.4 Å². The van der Waals surface area contributed by atoms with E-state index < -0.39 is 11.7 Å². The summed E-state index contributed by atoms with van der Waals surface area (Å²) in [4.78, 5) is 10.9. The van der Waals surface area contributed by atoms with Crippen molar-refractivity contribution in [3.05, 3.63) is 64.8 Å². The fourth-order valence-corrected chi connectivity index (χ4v) is 5.31. The maximum atomic E-state index is 12.6. The second-order valence-corrected chi connectivity index (χ2v) is 9.15. The van der Waals surface area contributed by atoms with Crippen LogP contribution >= 0.6 is 23.1 Å². The molecular formula is C20H19F3N4S2. The van der Waals surface area contributed by atoms with E-state index >= 15 is 0 Å². The van der Waals surface area contributed by atoms with E-state index in [4.69, 9.17) is 5.73 Å². The van der Waals surface area contributed by atoms with Crippen LogP contribution < -0.4 is 11.1 Å². The number of anilines is 1. The highest BCUT2D eigenvalue weighted by Crippen LogP contribution is 2.45. The summed E-state index contributed by atoms with van der Waals surface area (Å²) in [6.45, 7) is 0.487. The molecule has 0 aliphatic carbocycles. The van der Waals surface area contributed by atoms with Crippen LogP contribution in [0.5, 0.6) is 0 Å². The fraction of sp³-hybridized carbons (Fsp3) is 0.300. The van der Waals surface area contributed by atoms with Crippen molar-refractivity contribution in [3.8, 4) is 0 Å². The van der Waals surface area contributed by atoms with Crippen molar-refractivity contribution in [2.24, 2.45) is 16.6 Å². The third kappa shape index (κ3) is 4.91. The van der Waals surface area contributed by atoms with Crippen molar-refractivity contribution in [2.45, 2.75) is 23.9 Å². The molecule has 3 N–H and O–H groups in total. The average molecular weight is 437 g/mol. The molecule has 0 bridgehead atoms. The van der Waals surface area contributed by atoms with Gasteiger partial charge in [0.25, 0.3) is 0 Å². The summed E-state index contributed by atoms with van der Waals surface area (Å²) in [6, 6.07) is 4.90. The van der Waals surface area contributed by atoms with Crippen molar-refractivity contribution in [2.75, 3.05) is 11.9 Å². The molecule has 0 amide bonds. The molecule has 4 rings (SSSR count). The minimum Gasteiger partial charge on any atom is -0.360 e. The van der Waals surface area contributed by atoms with Crippen LogP contribution in [0.2, 0.25) is 0 Å². The molecule has 3 atom stereocenters. The van der Waals surface area contributed by atoms with E-state index in [-0.39, 0.29) is 6.04 Å². The third-order valence-electron chi connectivity index (χ3n) is 4.66. The molecule has 3 heterocycles. The molecule has 4 nitrogen and oxygen atoms in total. The maximum Gasteiger partial charge on any atom is 0.416 e. The van der Waals surface area contributed by atoms with E-state index in [1.807, 2.05) is 18.6 Å². The van der Waals surface area contributed by atoms with Gasteiger partial charge < -0.3 is 11.1 Å². The SMILES string of the molecule is N[C@H](CNc1ncc(C2=CC3C=CN=CC3S2)s1)Cc1ccc(C(F)(F)F)cc1. The van der Waals surface area contributed by atoms with Gasteiger partial charge in [-0.1, -0.05) is 35.6 Å². The van der Waals surface area contributed by atoms with Crippen LogP contribution in [0.4, 0.5) is 18.3 Å². The van der Waals surface area contributed by atoms with Gasteiger partial charge in [-0.15, -0.1) is 11.8 Å². The Labute approximate surface area is 174 Å². The van der Waals surface area contributed by atoms with Crippen LogP contribution in [0.15, 0.2) is 53.8 Å². The standard InChI is InChI=1S/C20H19F3N4S2/c21-20(22,23)14-3-1-12(2-4-14)7-15(24)9-26-19-27-11-18(29-19)16-8-13-5-6-25-10-17(13)28-16/h1-6,8,10-11,13,15,17H,7,9,24H2,(H,26,27)/t13?,15-,17?/m0/s1. The van der Waals surface area contributed by atoms with Crippen molar-refractivity contribution in [1.29, 1.82) is 0 Å². The molecule has 2 unspecified atom stereocenters. The predicted molar refractivity (Wildman–Crippen MR) is 114 cm³/mol. The topological polar surface area (TPSA) is 63.3 Å². The van der Waals surface area contributed by atoms with E-state index in [1.165, 1.54) is 17.0 Å². The molecule has 9 heteroatoms. The van der Waals surface area contributed by atoms with Crippen molar-refractivity contribution < 1.29 is 13.2 Å². The first-order valence-corrected chi connectivity index (χ1v) is 10.8. The number of halogens is 3. The Kier molecular flexibility index (Phi) is 5.80. The molecule has 29 heavy (non-hydrogen) atoms. The van der Waals surface area contributed by atoms with Gasteiger partial charge in [0.05, 0.1) is 15.7 Å². The van der Waals surface area contributed by atoms with Crippen molar-refractivity contribution in [3.63, 3.8) is 0 Å². The number of hydrogen-bond donors (Lipinski definition) is 2. The summed E-state index contributed by atoms with van der Waals surface area (Å²) >= 11 is 3.36. The summed E-state index contributed by atoms with van der Waals surface area (Å²) < 4.78 is 37.9. The average Bonchev–Trinajstić information content (AvgIpc) is 3.33. The molecule has 152 valence electrons. The lowest BCUT2D eigenvalue weighted by molar-refractivity contribution is -0.137. The molecule has 2 aliphatic heterocycles. The molecule has 0 saturated carbocycles. The zero-order chi connectivity index (χ0) is 20.4. The summed E-state index contributed by atoms with van der Waals surface area (Å²) in [5, 5.41) is 4.37. The van der Waals surface area contributed by atoms with Crippen LogP contribution in [0.3, 0.4) is 0 Å². The molecule has 2 aliphatic rings. The summed E-state index contributed by atoms with van der Waals surface area (Å²) in [5.74, 6) is 0.378. The normalized spacial score (nSPS) is 21.7. The number of nitrogens with zero attached hydrogens (tertiary/aromatic N) is 2. The first kappa shape index (κ1) is 20.2. The van der Waals surface area contributed by atoms with Gasteiger partial charge in [0.2, 0.25) is 0 Å². The van der Waals surface area contributed by atoms with Crippen LogP contribution in [-0.2, 0) is 12.6 Å². The summed E-state index contributed by atoms with van der Waals surface area (Å²) in [7, 11) is 0. The van der Waals surface area contributed by atoms with Crippen LogP contribution in [0, 0.1) is 5.92 Å². The second kappa shape index (κ2) is 8.33. The predicted octanol–water partition coefficient (Wildman–Crippen LogP) is 4.81. The number of benzene rings is 1. The number of fused-ring (bicyclic) bond motifs is 1.